The number of likely N-dealkylation sites (tertiary alicyclic amines) is 1. The number of halogens is 1. The molecule has 0 saturated carbocycles. The Kier molecular flexibility index (Phi) is 4.00. The molecule has 1 fully saturated rings. The van der Waals surface area contributed by atoms with E-state index < -0.39 is 0 Å². The Morgan fingerprint density at radius 3 is 3.00 bits per heavy atom. The molecule has 5 nitrogen and oxygen atoms in total. The maximum Gasteiger partial charge on any atom is 0.249 e. The van der Waals surface area contributed by atoms with Crippen molar-refractivity contribution < 1.29 is 9.52 Å². The number of aromatic nitrogens is 2. The maximum atomic E-state index is 9.31. The van der Waals surface area contributed by atoms with Crippen molar-refractivity contribution >= 4 is 11.6 Å². The van der Waals surface area contributed by atoms with E-state index in [-0.39, 0.29) is 12.6 Å². The van der Waals surface area contributed by atoms with Crippen molar-refractivity contribution in [2.24, 2.45) is 0 Å². The molecule has 1 aliphatic rings. The van der Waals surface area contributed by atoms with Crippen LogP contribution >= 0.6 is 11.6 Å². The average molecular weight is 294 g/mol. The highest BCUT2D eigenvalue weighted by Gasteiger charge is 2.25. The van der Waals surface area contributed by atoms with Gasteiger partial charge in [0.1, 0.15) is 0 Å². The molecule has 1 saturated heterocycles. The van der Waals surface area contributed by atoms with Crippen molar-refractivity contribution in [3.63, 3.8) is 0 Å². The molecule has 3 rings (SSSR count). The second kappa shape index (κ2) is 5.91. The molecule has 106 valence electrons. The Labute approximate surface area is 122 Å². The molecule has 1 aromatic heterocycles. The van der Waals surface area contributed by atoms with Crippen molar-refractivity contribution in [1.29, 1.82) is 0 Å². The molecule has 2 aromatic rings. The van der Waals surface area contributed by atoms with Gasteiger partial charge in [-0.2, -0.15) is 0 Å². The van der Waals surface area contributed by atoms with Gasteiger partial charge in [-0.15, -0.1) is 10.2 Å². The van der Waals surface area contributed by atoms with Crippen molar-refractivity contribution in [1.82, 2.24) is 15.1 Å². The predicted octanol–water partition coefficient (Wildman–Crippen LogP) is 2.35. The number of hydrogen-bond acceptors (Lipinski definition) is 5. The quantitative estimate of drug-likeness (QED) is 0.937. The van der Waals surface area contributed by atoms with Gasteiger partial charge < -0.3 is 9.52 Å². The Morgan fingerprint density at radius 1 is 1.35 bits per heavy atom. The van der Waals surface area contributed by atoms with Crippen molar-refractivity contribution in [2.45, 2.75) is 25.4 Å². The lowest BCUT2D eigenvalue weighted by molar-refractivity contribution is 0.144. The molecule has 1 aliphatic heterocycles. The summed E-state index contributed by atoms with van der Waals surface area (Å²) in [6.07, 6.45) is 2.11. The smallest absolute Gasteiger partial charge is 0.249 e. The van der Waals surface area contributed by atoms with Crippen LogP contribution in [0, 0.1) is 0 Å². The largest absolute Gasteiger partial charge is 0.419 e. The summed E-state index contributed by atoms with van der Waals surface area (Å²) in [5.74, 6) is 0.991. The Bertz CT molecular complexity index is 587. The summed E-state index contributed by atoms with van der Waals surface area (Å²) in [6, 6.07) is 7.59. The fourth-order valence-corrected chi connectivity index (χ4v) is 2.76. The predicted molar refractivity (Wildman–Crippen MR) is 75.3 cm³/mol. The minimum atomic E-state index is 0.172. The number of aliphatic hydroxyl groups excluding tert-OH is 1. The maximum absolute atomic E-state index is 9.31. The van der Waals surface area contributed by atoms with Gasteiger partial charge in [0.2, 0.25) is 11.8 Å². The summed E-state index contributed by atoms with van der Waals surface area (Å²) in [5, 5.41) is 18.0. The lowest BCUT2D eigenvalue weighted by atomic mass is 10.2. The van der Waals surface area contributed by atoms with Crippen LogP contribution in [-0.2, 0) is 6.54 Å². The summed E-state index contributed by atoms with van der Waals surface area (Å²) < 4.78 is 5.68. The van der Waals surface area contributed by atoms with Crippen LogP contribution in [0.2, 0.25) is 5.02 Å². The van der Waals surface area contributed by atoms with Crippen LogP contribution < -0.4 is 0 Å². The molecule has 0 spiro atoms. The molecule has 1 N–H and O–H groups in total. The van der Waals surface area contributed by atoms with E-state index in [1.54, 1.807) is 6.07 Å². The first kappa shape index (κ1) is 13.5. The van der Waals surface area contributed by atoms with Gasteiger partial charge >= 0.3 is 0 Å². The first-order valence-corrected chi connectivity index (χ1v) is 7.08. The van der Waals surface area contributed by atoms with Crippen molar-refractivity contribution in [3.8, 4) is 11.5 Å². The molecule has 1 atom stereocenters. The van der Waals surface area contributed by atoms with E-state index in [0.717, 1.165) is 24.9 Å². The summed E-state index contributed by atoms with van der Waals surface area (Å²) in [6.45, 7) is 1.70. The molecular weight excluding hydrogens is 278 g/mol. The summed E-state index contributed by atoms with van der Waals surface area (Å²) in [5.41, 5.74) is 0.744. The monoisotopic (exact) mass is 293 g/mol. The number of benzene rings is 1. The Balaban J connectivity index is 1.76. The van der Waals surface area contributed by atoms with Crippen LogP contribution in [0.15, 0.2) is 28.7 Å². The van der Waals surface area contributed by atoms with Gasteiger partial charge in [-0.05, 0) is 31.5 Å². The van der Waals surface area contributed by atoms with E-state index >= 15 is 0 Å². The van der Waals surface area contributed by atoms with Gasteiger partial charge in [-0.25, -0.2) is 0 Å². The highest BCUT2D eigenvalue weighted by molar-refractivity contribution is 6.33. The van der Waals surface area contributed by atoms with Gasteiger partial charge in [0.15, 0.2) is 0 Å². The van der Waals surface area contributed by atoms with E-state index in [2.05, 4.69) is 15.1 Å². The lowest BCUT2D eigenvalue weighted by Crippen LogP contribution is -2.31. The van der Waals surface area contributed by atoms with Crippen molar-refractivity contribution in [2.75, 3.05) is 13.2 Å². The fourth-order valence-electron chi connectivity index (χ4n) is 2.54. The number of aliphatic hydroxyl groups is 1. The molecule has 0 bridgehead atoms. The average Bonchev–Trinajstić information content (AvgIpc) is 3.09. The third kappa shape index (κ3) is 2.70. The van der Waals surface area contributed by atoms with E-state index in [9.17, 15) is 5.11 Å². The highest BCUT2D eigenvalue weighted by atomic mass is 35.5. The van der Waals surface area contributed by atoms with Gasteiger partial charge in [-0.3, -0.25) is 4.90 Å². The van der Waals surface area contributed by atoms with Crippen LogP contribution in [-0.4, -0.2) is 39.4 Å². The Hall–Kier alpha value is -1.43. The minimum absolute atomic E-state index is 0.172. The molecular formula is C14H16ClN3O2. The fraction of sp³-hybridized carbons (Fsp3) is 0.429. The number of rotatable bonds is 4. The second-order valence-electron chi connectivity index (χ2n) is 4.93. The zero-order chi connectivity index (χ0) is 13.9. The molecule has 0 aliphatic carbocycles. The van der Waals surface area contributed by atoms with Gasteiger partial charge in [0.25, 0.3) is 0 Å². The van der Waals surface area contributed by atoms with E-state index in [1.807, 2.05) is 18.2 Å². The van der Waals surface area contributed by atoms with Crippen LogP contribution in [0.3, 0.4) is 0 Å². The molecule has 20 heavy (non-hydrogen) atoms. The topological polar surface area (TPSA) is 62.4 Å². The summed E-state index contributed by atoms with van der Waals surface area (Å²) in [7, 11) is 0. The van der Waals surface area contributed by atoms with Gasteiger partial charge in [-0.1, -0.05) is 23.7 Å². The first-order chi connectivity index (χ1) is 9.78. The zero-order valence-corrected chi connectivity index (χ0v) is 11.8. The first-order valence-electron chi connectivity index (χ1n) is 6.70. The third-order valence-corrected chi connectivity index (χ3v) is 3.95. The third-order valence-electron chi connectivity index (χ3n) is 3.62. The molecule has 0 radical (unpaired) electrons. The number of nitrogens with zero attached hydrogens (tertiary/aromatic N) is 3. The molecule has 0 unspecified atom stereocenters. The zero-order valence-electron chi connectivity index (χ0n) is 11.0. The van der Waals surface area contributed by atoms with Gasteiger partial charge in [0.05, 0.1) is 23.7 Å². The normalized spacial score (nSPS) is 19.6. The van der Waals surface area contributed by atoms with E-state index in [4.69, 9.17) is 16.0 Å². The highest BCUT2D eigenvalue weighted by Crippen LogP contribution is 2.27. The molecule has 0 amide bonds. The number of hydrogen-bond donors (Lipinski definition) is 1. The SMILES string of the molecule is OC[C@H]1CCCN1Cc1nnc(-c2ccccc2Cl)o1. The minimum Gasteiger partial charge on any atom is -0.419 e. The standard InChI is InChI=1S/C14H16ClN3O2/c15-12-6-2-1-5-11(12)14-17-16-13(20-14)8-18-7-3-4-10(18)9-19/h1-2,5-6,10,19H,3-4,7-9H2/t10-/m1/s1. The van der Waals surface area contributed by atoms with Crippen LogP contribution in [0.5, 0.6) is 0 Å². The van der Waals surface area contributed by atoms with Crippen LogP contribution in [0.1, 0.15) is 18.7 Å². The van der Waals surface area contributed by atoms with Crippen LogP contribution in [0.25, 0.3) is 11.5 Å². The van der Waals surface area contributed by atoms with Crippen LogP contribution in [0.4, 0.5) is 0 Å². The lowest BCUT2D eigenvalue weighted by Gasteiger charge is -2.20. The molecule has 2 heterocycles. The molecule has 1 aromatic carbocycles. The van der Waals surface area contributed by atoms with Crippen molar-refractivity contribution in [3.05, 3.63) is 35.2 Å². The molecule has 6 heteroatoms. The second-order valence-corrected chi connectivity index (χ2v) is 5.34. The van der Waals surface area contributed by atoms with E-state index in [1.165, 1.54) is 0 Å². The van der Waals surface area contributed by atoms with E-state index in [0.29, 0.717) is 23.3 Å². The summed E-state index contributed by atoms with van der Waals surface area (Å²) >= 11 is 6.11. The summed E-state index contributed by atoms with van der Waals surface area (Å²) in [4.78, 5) is 2.17. The van der Waals surface area contributed by atoms with Gasteiger partial charge in [0, 0.05) is 6.04 Å². The Morgan fingerprint density at radius 2 is 2.20 bits per heavy atom.